The molecule has 0 aromatic carbocycles. The molecule has 0 aliphatic rings. The Morgan fingerprint density at radius 3 is 2.07 bits per heavy atom. The fourth-order valence-electron chi connectivity index (χ4n) is 0.971. The van der Waals surface area contributed by atoms with Crippen molar-refractivity contribution in [3.63, 3.8) is 0 Å². The molecule has 4 heteroatoms. The second kappa shape index (κ2) is 5.42. The van der Waals surface area contributed by atoms with Gasteiger partial charge in [0.1, 0.15) is 6.04 Å². The van der Waals surface area contributed by atoms with Crippen LogP contribution in [0.15, 0.2) is 11.6 Å². The number of carboxylic acids is 1. The van der Waals surface area contributed by atoms with Crippen molar-refractivity contribution in [2.24, 2.45) is 5.92 Å². The summed E-state index contributed by atoms with van der Waals surface area (Å²) in [5.74, 6) is -1.48. The molecule has 1 atom stereocenters. The molecule has 0 aliphatic heterocycles. The van der Waals surface area contributed by atoms with Gasteiger partial charge in [-0.2, -0.15) is 0 Å². The first-order valence-corrected chi connectivity index (χ1v) is 4.52. The maximum atomic E-state index is 11.2. The summed E-state index contributed by atoms with van der Waals surface area (Å²) in [6.45, 7) is 7.07. The predicted molar refractivity (Wildman–Crippen MR) is 53.8 cm³/mol. The Morgan fingerprint density at radius 2 is 1.79 bits per heavy atom. The molecule has 1 amide bonds. The Labute approximate surface area is 84.0 Å². The Kier molecular flexibility index (Phi) is 4.91. The molecule has 0 aromatic rings. The van der Waals surface area contributed by atoms with Crippen LogP contribution in [0.4, 0.5) is 0 Å². The Hall–Kier alpha value is -1.32. The van der Waals surface area contributed by atoms with Gasteiger partial charge < -0.3 is 10.4 Å². The topological polar surface area (TPSA) is 66.4 Å². The molecular formula is C10H17NO3. The lowest BCUT2D eigenvalue weighted by atomic mass is 10.0. The molecule has 0 bridgehead atoms. The molecule has 0 unspecified atom stereocenters. The van der Waals surface area contributed by atoms with Crippen molar-refractivity contribution in [1.82, 2.24) is 5.32 Å². The van der Waals surface area contributed by atoms with Gasteiger partial charge in [-0.1, -0.05) is 19.4 Å². The number of hydrogen-bond donors (Lipinski definition) is 2. The van der Waals surface area contributed by atoms with E-state index in [1.54, 1.807) is 27.7 Å². The molecular weight excluding hydrogens is 182 g/mol. The maximum Gasteiger partial charge on any atom is 0.326 e. The van der Waals surface area contributed by atoms with Gasteiger partial charge in [0.25, 0.3) is 0 Å². The zero-order valence-corrected chi connectivity index (χ0v) is 9.00. The monoisotopic (exact) mass is 199 g/mol. The molecule has 80 valence electrons. The van der Waals surface area contributed by atoms with Crippen LogP contribution in [-0.2, 0) is 9.59 Å². The highest BCUT2D eigenvalue weighted by atomic mass is 16.4. The summed E-state index contributed by atoms with van der Waals surface area (Å²) in [4.78, 5) is 21.9. The first-order chi connectivity index (χ1) is 6.34. The first-order valence-electron chi connectivity index (χ1n) is 4.52. The molecule has 0 fully saturated rings. The molecule has 0 rings (SSSR count). The number of rotatable bonds is 4. The van der Waals surface area contributed by atoms with Crippen LogP contribution >= 0.6 is 0 Å². The zero-order valence-electron chi connectivity index (χ0n) is 9.00. The smallest absolute Gasteiger partial charge is 0.326 e. The third-order valence-corrected chi connectivity index (χ3v) is 1.65. The molecule has 0 radical (unpaired) electrons. The van der Waals surface area contributed by atoms with Crippen molar-refractivity contribution >= 4 is 11.9 Å². The van der Waals surface area contributed by atoms with Gasteiger partial charge in [0.2, 0.25) is 5.91 Å². The van der Waals surface area contributed by atoms with Crippen LogP contribution < -0.4 is 5.32 Å². The molecule has 0 saturated heterocycles. The van der Waals surface area contributed by atoms with Gasteiger partial charge in [-0.25, -0.2) is 4.79 Å². The average Bonchev–Trinajstić information content (AvgIpc) is 1.97. The number of hydrogen-bond acceptors (Lipinski definition) is 2. The van der Waals surface area contributed by atoms with Gasteiger partial charge in [-0.05, 0) is 19.8 Å². The van der Waals surface area contributed by atoms with Crippen LogP contribution in [0.25, 0.3) is 0 Å². The van der Waals surface area contributed by atoms with Gasteiger partial charge in [-0.15, -0.1) is 0 Å². The van der Waals surface area contributed by atoms with Crippen molar-refractivity contribution < 1.29 is 14.7 Å². The van der Waals surface area contributed by atoms with Crippen molar-refractivity contribution in [2.45, 2.75) is 33.7 Å². The minimum absolute atomic E-state index is 0.123. The zero-order chi connectivity index (χ0) is 11.3. The fraction of sp³-hybridized carbons (Fsp3) is 0.600. The second-order valence-electron chi connectivity index (χ2n) is 3.79. The molecule has 4 nitrogen and oxygen atoms in total. The number of aliphatic carboxylic acids is 1. The SMILES string of the molecule is CC(C)=CC(=O)N[C@@H](C(=O)O)C(C)C. The van der Waals surface area contributed by atoms with Crippen LogP contribution in [0.2, 0.25) is 0 Å². The molecule has 2 N–H and O–H groups in total. The van der Waals surface area contributed by atoms with Crippen molar-refractivity contribution in [2.75, 3.05) is 0 Å². The standard InChI is InChI=1S/C10H17NO3/c1-6(2)5-8(12)11-9(7(3)4)10(13)14/h5,7,9H,1-4H3,(H,11,12)(H,13,14)/t9-/m1/s1. The number of carbonyl (C=O) groups is 2. The van der Waals surface area contributed by atoms with Crippen LogP contribution in [0.3, 0.4) is 0 Å². The van der Waals surface area contributed by atoms with Gasteiger partial charge in [-0.3, -0.25) is 4.79 Å². The average molecular weight is 199 g/mol. The van der Waals surface area contributed by atoms with Gasteiger partial charge >= 0.3 is 5.97 Å². The first kappa shape index (κ1) is 12.7. The Bertz CT molecular complexity index is 252. The van der Waals surface area contributed by atoms with Gasteiger partial charge in [0.15, 0.2) is 0 Å². The highest BCUT2D eigenvalue weighted by Gasteiger charge is 2.22. The van der Waals surface area contributed by atoms with Crippen LogP contribution in [-0.4, -0.2) is 23.0 Å². The summed E-state index contributed by atoms with van der Waals surface area (Å²) in [6.07, 6.45) is 1.39. The van der Waals surface area contributed by atoms with Gasteiger partial charge in [0, 0.05) is 6.08 Å². The number of carboxylic acid groups (broad SMARTS) is 1. The third-order valence-electron chi connectivity index (χ3n) is 1.65. The second-order valence-corrected chi connectivity index (χ2v) is 3.79. The lowest BCUT2D eigenvalue weighted by Gasteiger charge is -2.16. The van der Waals surface area contributed by atoms with E-state index < -0.39 is 12.0 Å². The summed E-state index contributed by atoms with van der Waals surface area (Å²) in [6, 6.07) is -0.821. The third kappa shape index (κ3) is 4.64. The van der Waals surface area contributed by atoms with Crippen LogP contribution in [0.1, 0.15) is 27.7 Å². The van der Waals surface area contributed by atoms with E-state index in [-0.39, 0.29) is 11.8 Å². The van der Waals surface area contributed by atoms with E-state index in [4.69, 9.17) is 5.11 Å². The summed E-state index contributed by atoms with van der Waals surface area (Å²) in [7, 11) is 0. The number of nitrogens with one attached hydrogen (secondary N) is 1. The highest BCUT2D eigenvalue weighted by molar-refractivity contribution is 5.91. The van der Waals surface area contributed by atoms with Crippen LogP contribution in [0, 0.1) is 5.92 Å². The van der Waals surface area contributed by atoms with Gasteiger partial charge in [0.05, 0.1) is 0 Å². The molecule has 0 spiro atoms. The lowest BCUT2D eigenvalue weighted by molar-refractivity contribution is -0.142. The summed E-state index contributed by atoms with van der Waals surface area (Å²) in [5.41, 5.74) is 0.843. The largest absolute Gasteiger partial charge is 0.480 e. The quantitative estimate of drug-likeness (QED) is 0.668. The fourth-order valence-corrected chi connectivity index (χ4v) is 0.971. The molecule has 0 heterocycles. The van der Waals surface area contributed by atoms with E-state index in [9.17, 15) is 9.59 Å². The van der Waals surface area contributed by atoms with E-state index in [0.717, 1.165) is 5.57 Å². The maximum absolute atomic E-state index is 11.2. The minimum Gasteiger partial charge on any atom is -0.480 e. The minimum atomic E-state index is -1.00. The van der Waals surface area contributed by atoms with Crippen molar-refractivity contribution in [1.29, 1.82) is 0 Å². The van der Waals surface area contributed by atoms with Crippen molar-refractivity contribution in [3.05, 3.63) is 11.6 Å². The van der Waals surface area contributed by atoms with E-state index in [2.05, 4.69) is 5.32 Å². The number of allylic oxidation sites excluding steroid dienone is 1. The lowest BCUT2D eigenvalue weighted by Crippen LogP contribution is -2.43. The van der Waals surface area contributed by atoms with E-state index in [1.165, 1.54) is 6.08 Å². The molecule has 0 aromatic heterocycles. The molecule has 0 aliphatic carbocycles. The van der Waals surface area contributed by atoms with E-state index in [1.807, 2.05) is 0 Å². The van der Waals surface area contributed by atoms with Crippen molar-refractivity contribution in [3.8, 4) is 0 Å². The molecule has 0 saturated carbocycles. The summed E-state index contributed by atoms with van der Waals surface area (Å²) >= 11 is 0. The Balaban J connectivity index is 4.39. The van der Waals surface area contributed by atoms with E-state index in [0.29, 0.717) is 0 Å². The number of amides is 1. The van der Waals surface area contributed by atoms with Crippen LogP contribution in [0.5, 0.6) is 0 Å². The number of carbonyl (C=O) groups excluding carboxylic acids is 1. The summed E-state index contributed by atoms with van der Waals surface area (Å²) < 4.78 is 0. The van der Waals surface area contributed by atoms with E-state index >= 15 is 0 Å². The highest BCUT2D eigenvalue weighted by Crippen LogP contribution is 2.01. The summed E-state index contributed by atoms with van der Waals surface area (Å²) in [5, 5.41) is 11.2. The Morgan fingerprint density at radius 1 is 1.29 bits per heavy atom. The normalized spacial score (nSPS) is 12.1. The molecule has 14 heavy (non-hydrogen) atoms. The predicted octanol–water partition coefficient (Wildman–Crippen LogP) is 1.18.